The predicted octanol–water partition coefficient (Wildman–Crippen LogP) is 0.549. The highest BCUT2D eigenvalue weighted by atomic mass is 16.4. The Hall–Kier alpha value is -1.98. The molecule has 0 atom stereocenters. The third-order valence-corrected chi connectivity index (χ3v) is 1.67. The number of carboxylic acids is 2. The Morgan fingerprint density at radius 3 is 2.33 bits per heavy atom. The lowest BCUT2D eigenvalue weighted by molar-refractivity contribution is -0.132. The molecule has 15 heavy (non-hydrogen) atoms. The van der Waals surface area contributed by atoms with Gasteiger partial charge in [0.15, 0.2) is 0 Å². The largest absolute Gasteiger partial charge is 0.477 e. The van der Waals surface area contributed by atoms with Crippen molar-refractivity contribution >= 4 is 24.0 Å². The van der Waals surface area contributed by atoms with E-state index >= 15 is 0 Å². The molecule has 6 nitrogen and oxygen atoms in total. The average molecular weight is 210 g/mol. The summed E-state index contributed by atoms with van der Waals surface area (Å²) >= 11 is 0. The van der Waals surface area contributed by atoms with Crippen LogP contribution in [0.1, 0.15) is 13.8 Å². The van der Waals surface area contributed by atoms with Gasteiger partial charge in [0, 0.05) is 11.6 Å². The lowest BCUT2D eigenvalue weighted by atomic mass is 9.94. The third-order valence-electron chi connectivity index (χ3n) is 1.67. The highest BCUT2D eigenvalue weighted by Crippen LogP contribution is 2.20. The second-order valence-corrected chi connectivity index (χ2v) is 3.65. The van der Waals surface area contributed by atoms with Crippen LogP contribution in [-0.4, -0.2) is 34.2 Å². The van der Waals surface area contributed by atoms with Gasteiger partial charge in [-0.3, -0.25) is 0 Å². The summed E-state index contributed by atoms with van der Waals surface area (Å²) in [7, 11) is 0. The zero-order valence-electron chi connectivity index (χ0n) is 8.26. The lowest BCUT2D eigenvalue weighted by Crippen LogP contribution is -2.12. The summed E-state index contributed by atoms with van der Waals surface area (Å²) < 4.78 is 0. The Kier molecular flexibility index (Phi) is 2.69. The molecule has 0 spiro atoms. The molecule has 0 amide bonds. The average Bonchev–Trinajstić information content (AvgIpc) is 2.23. The molecule has 1 rings (SSSR count). The number of amidine groups is 1. The summed E-state index contributed by atoms with van der Waals surface area (Å²) in [4.78, 5) is 28.4. The molecule has 0 radical (unpaired) electrons. The van der Waals surface area contributed by atoms with Crippen molar-refractivity contribution in [2.45, 2.75) is 13.8 Å². The van der Waals surface area contributed by atoms with Crippen molar-refractivity contribution in [2.75, 3.05) is 0 Å². The minimum Gasteiger partial charge on any atom is -0.477 e. The zero-order chi connectivity index (χ0) is 11.6. The van der Waals surface area contributed by atoms with E-state index in [9.17, 15) is 9.59 Å². The SMILES string of the molecule is CC1(C)C=NC(C(=O)O)=NC(C(=O)O)=C1. The predicted molar refractivity (Wildman–Crippen MR) is 53.1 cm³/mol. The van der Waals surface area contributed by atoms with E-state index in [0.717, 1.165) is 0 Å². The number of allylic oxidation sites excluding steroid dienone is 1. The van der Waals surface area contributed by atoms with Crippen molar-refractivity contribution in [1.29, 1.82) is 0 Å². The minimum absolute atomic E-state index is 0.310. The fourth-order valence-corrected chi connectivity index (χ4v) is 1.00. The van der Waals surface area contributed by atoms with Gasteiger partial charge in [-0.2, -0.15) is 0 Å². The van der Waals surface area contributed by atoms with Gasteiger partial charge in [0.05, 0.1) is 0 Å². The molecule has 2 N–H and O–H groups in total. The highest BCUT2D eigenvalue weighted by molar-refractivity contribution is 6.37. The van der Waals surface area contributed by atoms with Crippen LogP contribution in [0.2, 0.25) is 0 Å². The summed E-state index contributed by atoms with van der Waals surface area (Å²) in [6.07, 6.45) is 2.71. The van der Waals surface area contributed by atoms with Crippen molar-refractivity contribution in [3.63, 3.8) is 0 Å². The lowest BCUT2D eigenvalue weighted by Gasteiger charge is -2.11. The van der Waals surface area contributed by atoms with Crippen LogP contribution in [-0.2, 0) is 9.59 Å². The first-order valence-corrected chi connectivity index (χ1v) is 4.15. The highest BCUT2D eigenvalue weighted by Gasteiger charge is 2.22. The molecule has 0 unspecified atom stereocenters. The molecule has 0 aromatic carbocycles. The van der Waals surface area contributed by atoms with Gasteiger partial charge >= 0.3 is 11.9 Å². The van der Waals surface area contributed by atoms with Crippen molar-refractivity contribution in [3.05, 3.63) is 11.8 Å². The van der Waals surface area contributed by atoms with E-state index in [2.05, 4.69) is 9.98 Å². The Balaban J connectivity index is 3.24. The molecule has 0 saturated carbocycles. The van der Waals surface area contributed by atoms with Crippen molar-refractivity contribution in [2.24, 2.45) is 15.4 Å². The first-order chi connectivity index (χ1) is 6.82. The maximum absolute atomic E-state index is 10.7. The standard InChI is InChI=1S/C9H10N2O4/c1-9(2)3-5(7(12)13)11-6(8(14)15)10-4-9/h3-4H,1-2H3,(H,12,13)(H,14,15). The quantitative estimate of drug-likeness (QED) is 0.695. The van der Waals surface area contributed by atoms with Gasteiger partial charge in [0.25, 0.3) is 0 Å². The van der Waals surface area contributed by atoms with Gasteiger partial charge < -0.3 is 10.2 Å². The summed E-state index contributed by atoms with van der Waals surface area (Å²) in [6, 6.07) is 0. The maximum Gasteiger partial charge on any atom is 0.373 e. The van der Waals surface area contributed by atoms with Crippen molar-refractivity contribution in [3.8, 4) is 0 Å². The normalized spacial score (nSPS) is 18.8. The van der Waals surface area contributed by atoms with Crippen LogP contribution in [0.15, 0.2) is 21.8 Å². The van der Waals surface area contributed by atoms with Crippen LogP contribution in [0.3, 0.4) is 0 Å². The summed E-state index contributed by atoms with van der Waals surface area (Å²) in [5, 5.41) is 17.4. The van der Waals surface area contributed by atoms with E-state index in [4.69, 9.17) is 10.2 Å². The second kappa shape index (κ2) is 3.64. The Morgan fingerprint density at radius 1 is 1.27 bits per heavy atom. The Labute approximate surface area is 85.7 Å². The number of rotatable bonds is 2. The van der Waals surface area contributed by atoms with Crippen LogP contribution in [0, 0.1) is 5.41 Å². The van der Waals surface area contributed by atoms with E-state index in [1.807, 2.05) is 0 Å². The molecule has 0 fully saturated rings. The smallest absolute Gasteiger partial charge is 0.373 e. The molecule has 1 aliphatic heterocycles. The fraction of sp³-hybridized carbons (Fsp3) is 0.333. The minimum atomic E-state index is -1.35. The van der Waals surface area contributed by atoms with Gasteiger partial charge in [0.2, 0.25) is 5.84 Å². The van der Waals surface area contributed by atoms with E-state index in [1.54, 1.807) is 13.8 Å². The number of aliphatic carboxylic acids is 2. The first-order valence-electron chi connectivity index (χ1n) is 4.15. The van der Waals surface area contributed by atoms with Gasteiger partial charge in [-0.1, -0.05) is 13.8 Å². The topological polar surface area (TPSA) is 99.3 Å². The van der Waals surface area contributed by atoms with E-state index in [1.165, 1.54) is 12.3 Å². The molecular weight excluding hydrogens is 200 g/mol. The fourth-order valence-electron chi connectivity index (χ4n) is 1.00. The first kappa shape index (κ1) is 11.1. The Bertz CT molecular complexity index is 404. The number of nitrogens with zero attached hydrogens (tertiary/aromatic N) is 2. The molecule has 0 saturated heterocycles. The van der Waals surface area contributed by atoms with Crippen molar-refractivity contribution in [1.82, 2.24) is 0 Å². The molecule has 1 aliphatic rings. The molecule has 0 aromatic rings. The van der Waals surface area contributed by atoms with Crippen LogP contribution in [0.5, 0.6) is 0 Å². The maximum atomic E-state index is 10.7. The summed E-state index contributed by atoms with van der Waals surface area (Å²) in [5.74, 6) is -3.14. The van der Waals surface area contributed by atoms with Crippen LogP contribution in [0.4, 0.5) is 0 Å². The van der Waals surface area contributed by atoms with Crippen LogP contribution >= 0.6 is 0 Å². The molecule has 6 heteroatoms. The van der Waals surface area contributed by atoms with Gasteiger partial charge in [0.1, 0.15) is 5.70 Å². The third kappa shape index (κ3) is 2.73. The van der Waals surface area contributed by atoms with E-state index < -0.39 is 23.2 Å². The molecule has 0 aliphatic carbocycles. The zero-order valence-corrected chi connectivity index (χ0v) is 8.26. The molecule has 0 bridgehead atoms. The van der Waals surface area contributed by atoms with Crippen LogP contribution < -0.4 is 0 Å². The van der Waals surface area contributed by atoms with Gasteiger partial charge in [-0.15, -0.1) is 0 Å². The second-order valence-electron chi connectivity index (χ2n) is 3.65. The molecular formula is C9H10N2O4. The number of hydrogen-bond donors (Lipinski definition) is 2. The van der Waals surface area contributed by atoms with Crippen molar-refractivity contribution < 1.29 is 19.8 Å². The molecule has 80 valence electrons. The van der Waals surface area contributed by atoms with Gasteiger partial charge in [-0.25, -0.2) is 19.6 Å². The summed E-state index contributed by atoms with van der Waals surface area (Å²) in [5.41, 5.74) is -0.941. The van der Waals surface area contributed by atoms with Gasteiger partial charge in [-0.05, 0) is 6.08 Å². The molecule has 1 heterocycles. The number of carboxylic acid groups (broad SMARTS) is 2. The summed E-state index contributed by atoms with van der Waals surface area (Å²) in [6.45, 7) is 3.42. The Morgan fingerprint density at radius 2 is 1.87 bits per heavy atom. The van der Waals surface area contributed by atoms with Crippen LogP contribution in [0.25, 0.3) is 0 Å². The van der Waals surface area contributed by atoms with E-state index in [0.29, 0.717) is 0 Å². The molecule has 0 aromatic heterocycles. The number of carbonyl (C=O) groups is 2. The van der Waals surface area contributed by atoms with E-state index in [-0.39, 0.29) is 5.70 Å². The number of aliphatic imine (C=N–C) groups is 2. The number of hydrogen-bond acceptors (Lipinski definition) is 4. The monoisotopic (exact) mass is 210 g/mol.